The summed E-state index contributed by atoms with van der Waals surface area (Å²) < 4.78 is 2.39. The summed E-state index contributed by atoms with van der Waals surface area (Å²) in [4.78, 5) is 14.6. The van der Waals surface area contributed by atoms with Crippen LogP contribution in [0.5, 0.6) is 5.75 Å². The van der Waals surface area contributed by atoms with Gasteiger partial charge in [-0.15, -0.1) is 0 Å². The molecule has 312 valence electrons. The number of phenolic OH excluding ortho intramolecular Hbond substituents is 1. The number of rotatable bonds is 7. The molecular formula is C59H50N4O. The first-order valence-electron chi connectivity index (χ1n) is 22.0. The van der Waals surface area contributed by atoms with Crippen LogP contribution in [-0.4, -0.2) is 24.6 Å². The van der Waals surface area contributed by atoms with Crippen molar-refractivity contribution in [1.82, 2.24) is 19.5 Å². The first kappa shape index (κ1) is 40.4. The summed E-state index contributed by atoms with van der Waals surface area (Å²) in [6.07, 6.45) is 5.64. The lowest BCUT2D eigenvalue weighted by atomic mass is 9.79. The summed E-state index contributed by atoms with van der Waals surface area (Å²) in [7, 11) is 0. The van der Waals surface area contributed by atoms with E-state index in [9.17, 15) is 5.11 Å². The summed E-state index contributed by atoms with van der Waals surface area (Å²) in [6, 6.07) is 59.5. The van der Waals surface area contributed by atoms with Crippen LogP contribution in [0, 0.1) is 0 Å². The van der Waals surface area contributed by atoms with Gasteiger partial charge in [0.25, 0.3) is 0 Å². The average Bonchev–Trinajstić information content (AvgIpc) is 3.66. The Bertz CT molecular complexity index is 3340. The van der Waals surface area contributed by atoms with Gasteiger partial charge >= 0.3 is 0 Å². The lowest BCUT2D eigenvalue weighted by Gasteiger charge is -2.26. The lowest BCUT2D eigenvalue weighted by molar-refractivity contribution is 0.477. The Kier molecular flexibility index (Phi) is 10.1. The van der Waals surface area contributed by atoms with Gasteiger partial charge in [-0.2, -0.15) is 0 Å². The van der Waals surface area contributed by atoms with E-state index in [0.29, 0.717) is 11.3 Å². The third-order valence-corrected chi connectivity index (χ3v) is 12.3. The van der Waals surface area contributed by atoms with Crippen molar-refractivity contribution in [2.45, 2.75) is 52.4 Å². The minimum absolute atomic E-state index is 0.0459. The Labute approximate surface area is 375 Å². The smallest absolute Gasteiger partial charge is 0.124 e. The molecule has 5 nitrogen and oxygen atoms in total. The van der Waals surface area contributed by atoms with Crippen molar-refractivity contribution in [3.8, 4) is 78.6 Å². The Hall–Kier alpha value is -7.63. The second kappa shape index (κ2) is 15.9. The maximum atomic E-state index is 11.1. The van der Waals surface area contributed by atoms with E-state index >= 15 is 0 Å². The van der Waals surface area contributed by atoms with Gasteiger partial charge in [0.15, 0.2) is 0 Å². The third-order valence-electron chi connectivity index (χ3n) is 12.3. The number of hydrogen-bond donors (Lipinski definition) is 1. The Morgan fingerprint density at radius 1 is 0.438 bits per heavy atom. The van der Waals surface area contributed by atoms with E-state index in [2.05, 4.69) is 191 Å². The van der Waals surface area contributed by atoms with Crippen molar-refractivity contribution >= 4 is 21.8 Å². The van der Waals surface area contributed by atoms with Gasteiger partial charge in [-0.1, -0.05) is 145 Å². The van der Waals surface area contributed by atoms with Crippen LogP contribution < -0.4 is 0 Å². The monoisotopic (exact) mass is 830 g/mol. The van der Waals surface area contributed by atoms with Gasteiger partial charge in [0.05, 0.1) is 28.1 Å². The Morgan fingerprint density at radius 3 is 1.83 bits per heavy atom. The van der Waals surface area contributed by atoms with E-state index in [0.717, 1.165) is 72.6 Å². The molecule has 0 fully saturated rings. The van der Waals surface area contributed by atoms with Crippen LogP contribution in [0.25, 0.3) is 94.6 Å². The van der Waals surface area contributed by atoms with E-state index in [1.54, 1.807) is 6.07 Å². The number of aromatic nitrogens is 4. The minimum Gasteiger partial charge on any atom is -0.507 e. The predicted octanol–water partition coefficient (Wildman–Crippen LogP) is 15.3. The zero-order chi connectivity index (χ0) is 44.2. The number of hydrogen-bond acceptors (Lipinski definition) is 4. The first-order chi connectivity index (χ1) is 30.9. The molecule has 6 aromatic carbocycles. The fourth-order valence-electron chi connectivity index (χ4n) is 8.81. The highest BCUT2D eigenvalue weighted by Crippen LogP contribution is 2.41. The van der Waals surface area contributed by atoms with Crippen LogP contribution >= 0.6 is 0 Å². The maximum Gasteiger partial charge on any atom is 0.124 e. The molecule has 0 aliphatic rings. The number of aromatic hydroxyl groups is 1. The number of pyridine rings is 3. The van der Waals surface area contributed by atoms with Gasteiger partial charge in [-0.05, 0) is 111 Å². The molecule has 0 spiro atoms. The standard InChI is InChI=1S/C59H50N4O/c1-58(2,3)45-30-43(31-46(36-45)59(4,5)6)44-34-53(62-54(35-44)51-21-8-10-25-56(51)64)41-17-11-16-40(29-41)52-33-39(26-28-61-52)48-22-13-23-50-49-20-7-9-24-55(49)63(57(48)50)47-19-12-15-38(32-47)42-18-14-27-60-37-42/h7-37,64H,1-6H3. The van der Waals surface area contributed by atoms with Gasteiger partial charge in [0.1, 0.15) is 5.75 Å². The molecule has 0 saturated carbocycles. The summed E-state index contributed by atoms with van der Waals surface area (Å²) in [5.74, 6) is 0.196. The minimum atomic E-state index is -0.0459. The molecule has 0 aliphatic heterocycles. The quantitative estimate of drug-likeness (QED) is 0.174. The van der Waals surface area contributed by atoms with Gasteiger partial charge < -0.3 is 9.67 Å². The largest absolute Gasteiger partial charge is 0.507 e. The fourth-order valence-corrected chi connectivity index (χ4v) is 8.81. The van der Waals surface area contributed by atoms with Crippen molar-refractivity contribution in [3.63, 3.8) is 0 Å². The van der Waals surface area contributed by atoms with Crippen molar-refractivity contribution in [1.29, 1.82) is 0 Å². The first-order valence-corrected chi connectivity index (χ1v) is 22.0. The Morgan fingerprint density at radius 2 is 1.06 bits per heavy atom. The second-order valence-corrected chi connectivity index (χ2v) is 18.8. The van der Waals surface area contributed by atoms with Crippen LogP contribution in [0.1, 0.15) is 52.7 Å². The molecule has 0 aliphatic carbocycles. The molecule has 4 aromatic heterocycles. The SMILES string of the molecule is CC(C)(C)c1cc(-c2cc(-c3cccc(-c4cc(-c5cccc6c7ccccc7n(-c7cccc(-c8cccnc8)c7)c56)ccn4)c3)nc(-c3ccccc3O)c2)cc(C(C)(C)C)c1. The second-order valence-electron chi connectivity index (χ2n) is 18.8. The summed E-state index contributed by atoms with van der Waals surface area (Å²) in [5.41, 5.74) is 17.4. The lowest BCUT2D eigenvalue weighted by Crippen LogP contribution is -2.16. The number of nitrogens with zero attached hydrogens (tertiary/aromatic N) is 4. The number of benzene rings is 6. The Balaban J connectivity index is 1.10. The van der Waals surface area contributed by atoms with Crippen LogP contribution in [0.15, 0.2) is 188 Å². The highest BCUT2D eigenvalue weighted by atomic mass is 16.3. The molecule has 5 heteroatoms. The van der Waals surface area contributed by atoms with Crippen LogP contribution in [0.3, 0.4) is 0 Å². The zero-order valence-electron chi connectivity index (χ0n) is 37.1. The van der Waals surface area contributed by atoms with Gasteiger partial charge in [-0.3, -0.25) is 9.97 Å². The zero-order valence-corrected chi connectivity index (χ0v) is 37.1. The van der Waals surface area contributed by atoms with Crippen molar-refractivity contribution in [3.05, 3.63) is 200 Å². The molecule has 10 aromatic rings. The van der Waals surface area contributed by atoms with E-state index in [1.165, 1.54) is 21.9 Å². The van der Waals surface area contributed by atoms with Crippen LogP contribution in [0.2, 0.25) is 0 Å². The molecule has 0 bridgehead atoms. The molecule has 4 heterocycles. The van der Waals surface area contributed by atoms with Crippen molar-refractivity contribution in [2.24, 2.45) is 0 Å². The van der Waals surface area contributed by atoms with E-state index in [-0.39, 0.29) is 16.6 Å². The maximum absolute atomic E-state index is 11.1. The molecular weight excluding hydrogens is 781 g/mol. The van der Waals surface area contributed by atoms with Crippen LogP contribution in [0.4, 0.5) is 0 Å². The highest BCUT2D eigenvalue weighted by Gasteiger charge is 2.23. The van der Waals surface area contributed by atoms with Gasteiger partial charge in [0.2, 0.25) is 0 Å². The van der Waals surface area contributed by atoms with Crippen molar-refractivity contribution < 1.29 is 5.11 Å². The van der Waals surface area contributed by atoms with Gasteiger partial charge in [0, 0.05) is 62.9 Å². The average molecular weight is 831 g/mol. The summed E-state index contributed by atoms with van der Waals surface area (Å²) >= 11 is 0. The van der Waals surface area contributed by atoms with E-state index in [1.807, 2.05) is 42.9 Å². The topological polar surface area (TPSA) is 63.8 Å². The van der Waals surface area contributed by atoms with Crippen molar-refractivity contribution in [2.75, 3.05) is 0 Å². The third kappa shape index (κ3) is 7.64. The molecule has 0 atom stereocenters. The van der Waals surface area contributed by atoms with Crippen LogP contribution in [-0.2, 0) is 10.8 Å². The number of phenols is 1. The molecule has 0 saturated heterocycles. The molecule has 0 radical (unpaired) electrons. The fraction of sp³-hybridized carbons (Fsp3) is 0.136. The van der Waals surface area contributed by atoms with E-state index in [4.69, 9.17) is 9.97 Å². The molecule has 10 rings (SSSR count). The predicted molar refractivity (Wildman–Crippen MR) is 266 cm³/mol. The summed E-state index contributed by atoms with van der Waals surface area (Å²) in [6.45, 7) is 13.6. The van der Waals surface area contributed by atoms with Gasteiger partial charge in [-0.25, -0.2) is 4.98 Å². The molecule has 0 amide bonds. The molecule has 64 heavy (non-hydrogen) atoms. The normalized spacial score (nSPS) is 12.0. The number of para-hydroxylation sites is 3. The van der Waals surface area contributed by atoms with E-state index < -0.39 is 0 Å². The highest BCUT2D eigenvalue weighted by molar-refractivity contribution is 6.14. The molecule has 0 unspecified atom stereocenters. The summed E-state index contributed by atoms with van der Waals surface area (Å²) in [5, 5.41) is 13.5. The molecule has 1 N–H and O–H groups in total. The number of fused-ring (bicyclic) bond motifs is 3.